The quantitative estimate of drug-likeness (QED) is 0.715. The lowest BCUT2D eigenvalue weighted by atomic mass is 9.92. The third kappa shape index (κ3) is 2.89. The second-order valence-corrected chi connectivity index (χ2v) is 8.38. The highest BCUT2D eigenvalue weighted by Gasteiger charge is 2.39. The molecule has 0 amide bonds. The molecule has 5 rings (SSSR count). The van der Waals surface area contributed by atoms with Crippen molar-refractivity contribution < 1.29 is 5.11 Å². The minimum absolute atomic E-state index is 0.120. The molecule has 2 fully saturated rings. The molecule has 4 heterocycles. The highest BCUT2D eigenvalue weighted by atomic mass is 35.5. The van der Waals surface area contributed by atoms with E-state index >= 15 is 0 Å². The topological polar surface area (TPSA) is 69.8 Å². The normalized spacial score (nSPS) is 22.8. The molecule has 3 aromatic rings. The molecule has 2 aliphatic heterocycles. The number of aromatic nitrogens is 4. The summed E-state index contributed by atoms with van der Waals surface area (Å²) in [6.45, 7) is 5.12. The van der Waals surface area contributed by atoms with Gasteiger partial charge < -0.3 is 14.9 Å². The number of fused-ring (bicyclic) bond motifs is 2. The molecule has 1 aromatic carbocycles. The lowest BCUT2D eigenvalue weighted by Gasteiger charge is -2.36. The van der Waals surface area contributed by atoms with Crippen LogP contribution in [0.25, 0.3) is 17.0 Å². The molecule has 7 nitrogen and oxygen atoms in total. The number of benzene rings is 1. The van der Waals surface area contributed by atoms with E-state index in [1.54, 1.807) is 4.52 Å². The van der Waals surface area contributed by atoms with E-state index in [0.717, 1.165) is 30.5 Å². The maximum atomic E-state index is 10.3. The predicted molar refractivity (Wildman–Crippen MR) is 109 cm³/mol. The van der Waals surface area contributed by atoms with Gasteiger partial charge in [0.25, 0.3) is 5.78 Å². The van der Waals surface area contributed by atoms with Crippen LogP contribution in [0.1, 0.15) is 18.4 Å². The van der Waals surface area contributed by atoms with Crippen LogP contribution in [0, 0.1) is 12.8 Å². The fraction of sp³-hybridized carbons (Fsp3) is 0.450. The van der Waals surface area contributed by atoms with Gasteiger partial charge in [0.15, 0.2) is 0 Å². The Hall–Kier alpha value is -2.38. The summed E-state index contributed by atoms with van der Waals surface area (Å²) in [5.74, 6) is 2.12. The Kier molecular flexibility index (Phi) is 4.17. The van der Waals surface area contributed by atoms with E-state index in [-0.39, 0.29) is 5.75 Å². The molecule has 146 valence electrons. The zero-order valence-corrected chi connectivity index (χ0v) is 16.8. The maximum absolute atomic E-state index is 10.3. The number of hydrogen-bond acceptors (Lipinski definition) is 6. The summed E-state index contributed by atoms with van der Waals surface area (Å²) in [5.41, 5.74) is 2.20. The smallest absolute Gasteiger partial charge is 0.254 e. The predicted octanol–water partition coefficient (Wildman–Crippen LogP) is 2.99. The first-order chi connectivity index (χ1) is 13.5. The van der Waals surface area contributed by atoms with Crippen LogP contribution in [0.2, 0.25) is 5.02 Å². The molecule has 0 bridgehead atoms. The second-order valence-electron chi connectivity index (χ2n) is 7.95. The minimum Gasteiger partial charge on any atom is -0.507 e. The van der Waals surface area contributed by atoms with Gasteiger partial charge in [-0.2, -0.15) is 4.98 Å². The van der Waals surface area contributed by atoms with Gasteiger partial charge in [-0.3, -0.25) is 0 Å². The van der Waals surface area contributed by atoms with Crippen LogP contribution in [-0.4, -0.2) is 62.3 Å². The molecule has 2 atom stereocenters. The van der Waals surface area contributed by atoms with Gasteiger partial charge in [-0.1, -0.05) is 11.6 Å². The number of anilines is 1. The number of piperidine rings is 1. The van der Waals surface area contributed by atoms with E-state index < -0.39 is 0 Å². The summed E-state index contributed by atoms with van der Waals surface area (Å²) in [6.07, 6.45) is 4.29. The Bertz CT molecular complexity index is 1030. The zero-order valence-electron chi connectivity index (χ0n) is 16.0. The van der Waals surface area contributed by atoms with Crippen LogP contribution in [0.15, 0.2) is 24.4 Å². The van der Waals surface area contributed by atoms with E-state index in [0.29, 0.717) is 28.1 Å². The van der Waals surface area contributed by atoms with Crippen LogP contribution < -0.4 is 4.90 Å². The van der Waals surface area contributed by atoms with Crippen molar-refractivity contribution in [1.29, 1.82) is 0 Å². The van der Waals surface area contributed by atoms with Crippen LogP contribution in [0.3, 0.4) is 0 Å². The Morgan fingerprint density at radius 1 is 1.18 bits per heavy atom. The zero-order chi connectivity index (χ0) is 19.4. The number of likely N-dealkylation sites (N-methyl/N-ethyl adjacent to an activating group) is 1. The van der Waals surface area contributed by atoms with Crippen molar-refractivity contribution in [1.82, 2.24) is 24.5 Å². The standard InChI is InChI=1S/C20H23ClN6O/c1-12-9-14(21)10-17(28)18(12)15-5-8-27-19(22-15)23-20(24-27)26-7-4-13-3-6-25(2)11-16(13)26/h5,8-10,13,16,28H,3-4,6-7,11H2,1-2H3/t13-,16-/m0/s1. The van der Waals surface area contributed by atoms with Gasteiger partial charge >= 0.3 is 0 Å². The number of phenolic OH excluding ortho intramolecular Hbond substituents is 1. The van der Waals surface area contributed by atoms with Crippen LogP contribution >= 0.6 is 11.6 Å². The third-order valence-corrected chi connectivity index (χ3v) is 6.27. The molecule has 2 aromatic heterocycles. The van der Waals surface area contributed by atoms with Crippen LogP contribution in [-0.2, 0) is 0 Å². The molecule has 1 N–H and O–H groups in total. The maximum Gasteiger partial charge on any atom is 0.254 e. The van der Waals surface area contributed by atoms with E-state index in [4.69, 9.17) is 16.6 Å². The van der Waals surface area contributed by atoms with Crippen molar-refractivity contribution in [3.8, 4) is 17.0 Å². The Labute approximate surface area is 168 Å². The molecule has 0 saturated carbocycles. The number of aromatic hydroxyl groups is 1. The van der Waals surface area contributed by atoms with Crippen molar-refractivity contribution in [2.24, 2.45) is 5.92 Å². The highest BCUT2D eigenvalue weighted by molar-refractivity contribution is 6.31. The first kappa shape index (κ1) is 17.7. The monoisotopic (exact) mass is 398 g/mol. The first-order valence-corrected chi connectivity index (χ1v) is 10.1. The number of phenols is 1. The molecule has 2 aliphatic rings. The summed E-state index contributed by atoms with van der Waals surface area (Å²) < 4.78 is 1.71. The molecule has 28 heavy (non-hydrogen) atoms. The summed E-state index contributed by atoms with van der Waals surface area (Å²) >= 11 is 6.03. The average molecular weight is 399 g/mol. The second kappa shape index (κ2) is 6.60. The van der Waals surface area contributed by atoms with Crippen LogP contribution in [0.5, 0.6) is 5.75 Å². The van der Waals surface area contributed by atoms with E-state index in [1.807, 2.05) is 25.3 Å². The Morgan fingerprint density at radius 3 is 2.82 bits per heavy atom. The largest absolute Gasteiger partial charge is 0.507 e. The van der Waals surface area contributed by atoms with Gasteiger partial charge in [0.05, 0.1) is 5.69 Å². The van der Waals surface area contributed by atoms with Crippen molar-refractivity contribution in [2.75, 3.05) is 31.6 Å². The van der Waals surface area contributed by atoms with E-state index in [1.165, 1.54) is 25.5 Å². The summed E-state index contributed by atoms with van der Waals surface area (Å²) in [5, 5.41) is 15.5. The van der Waals surface area contributed by atoms with Gasteiger partial charge in [0.2, 0.25) is 5.95 Å². The van der Waals surface area contributed by atoms with Crippen molar-refractivity contribution in [3.63, 3.8) is 0 Å². The van der Waals surface area contributed by atoms with Gasteiger partial charge in [-0.25, -0.2) is 9.50 Å². The molecule has 0 radical (unpaired) electrons. The van der Waals surface area contributed by atoms with Crippen molar-refractivity contribution in [2.45, 2.75) is 25.8 Å². The van der Waals surface area contributed by atoms with Gasteiger partial charge in [-0.05, 0) is 63.0 Å². The van der Waals surface area contributed by atoms with Gasteiger partial charge in [-0.15, -0.1) is 5.10 Å². The highest BCUT2D eigenvalue weighted by Crippen LogP contribution is 2.35. The van der Waals surface area contributed by atoms with E-state index in [2.05, 4.69) is 26.9 Å². The third-order valence-electron chi connectivity index (χ3n) is 6.05. The van der Waals surface area contributed by atoms with Gasteiger partial charge in [0, 0.05) is 35.9 Å². The fourth-order valence-corrected chi connectivity index (χ4v) is 4.90. The van der Waals surface area contributed by atoms with Crippen molar-refractivity contribution in [3.05, 3.63) is 35.0 Å². The average Bonchev–Trinajstić information content (AvgIpc) is 3.23. The van der Waals surface area contributed by atoms with Gasteiger partial charge in [0.1, 0.15) is 5.75 Å². The number of aryl methyl sites for hydroxylation is 1. The van der Waals surface area contributed by atoms with Crippen LogP contribution in [0.4, 0.5) is 5.95 Å². The van der Waals surface area contributed by atoms with Crippen molar-refractivity contribution >= 4 is 23.3 Å². The minimum atomic E-state index is 0.120. The lowest BCUT2D eigenvalue weighted by Crippen LogP contribution is -2.47. The molecule has 0 unspecified atom stereocenters. The molecule has 8 heteroatoms. The summed E-state index contributed by atoms with van der Waals surface area (Å²) in [7, 11) is 2.18. The molecule has 0 aliphatic carbocycles. The molecular weight excluding hydrogens is 376 g/mol. The fourth-order valence-electron chi connectivity index (χ4n) is 4.63. The SMILES string of the molecule is Cc1cc(Cl)cc(O)c1-c1ccn2nc(N3CC[C@@H]4CCN(C)C[C@@H]43)nc2n1. The number of likely N-dealkylation sites (tertiary alicyclic amines) is 1. The number of halogens is 1. The summed E-state index contributed by atoms with van der Waals surface area (Å²) in [6, 6.07) is 5.68. The first-order valence-electron chi connectivity index (χ1n) is 9.67. The number of nitrogens with zero attached hydrogens (tertiary/aromatic N) is 6. The lowest BCUT2D eigenvalue weighted by molar-refractivity contribution is 0.207. The number of rotatable bonds is 2. The molecular formula is C20H23ClN6O. The summed E-state index contributed by atoms with van der Waals surface area (Å²) in [4.78, 5) is 14.1. The Balaban J connectivity index is 1.51. The van der Waals surface area contributed by atoms with E-state index in [9.17, 15) is 5.11 Å². The molecule has 0 spiro atoms. The number of hydrogen-bond donors (Lipinski definition) is 1. The Morgan fingerprint density at radius 2 is 2.00 bits per heavy atom. The molecule has 2 saturated heterocycles.